The van der Waals surface area contributed by atoms with Gasteiger partial charge < -0.3 is 48.3 Å². The number of carbonyl (C=O) groups is 3. The first-order chi connectivity index (χ1) is 22.8. The lowest BCUT2D eigenvalue weighted by Gasteiger charge is -2.70. The highest BCUT2D eigenvalue weighted by Crippen LogP contribution is 2.80. The highest BCUT2D eigenvalue weighted by atomic mass is 16.6. The van der Waals surface area contributed by atoms with Gasteiger partial charge in [-0.05, 0) is 31.5 Å². The Balaban J connectivity index is 1.52. The van der Waals surface area contributed by atoms with Crippen molar-refractivity contribution in [3.63, 3.8) is 0 Å². The van der Waals surface area contributed by atoms with Gasteiger partial charge in [-0.2, -0.15) is 0 Å². The molecule has 0 radical (unpaired) electrons. The molecule has 48 heavy (non-hydrogen) atoms. The molecule has 7 rings (SSSR count). The van der Waals surface area contributed by atoms with Crippen molar-refractivity contribution in [1.82, 2.24) is 4.90 Å². The van der Waals surface area contributed by atoms with Crippen LogP contribution < -0.4 is 0 Å². The first-order valence-electron chi connectivity index (χ1n) is 16.7. The molecule has 4 unspecified atom stereocenters. The Morgan fingerprint density at radius 3 is 2.21 bits per heavy atom. The molecule has 0 amide bonds. The monoisotopic (exact) mass is 673 g/mol. The summed E-state index contributed by atoms with van der Waals surface area (Å²) in [5, 5.41) is 25.3. The summed E-state index contributed by atoms with van der Waals surface area (Å²) < 4.78 is 43.7. The van der Waals surface area contributed by atoms with Gasteiger partial charge in [-0.1, -0.05) is 18.2 Å². The molecule has 6 fully saturated rings. The van der Waals surface area contributed by atoms with Crippen LogP contribution in [0.5, 0.6) is 0 Å². The van der Waals surface area contributed by atoms with E-state index in [9.17, 15) is 24.6 Å². The second kappa shape index (κ2) is 11.4. The van der Waals surface area contributed by atoms with E-state index in [1.54, 1.807) is 51.7 Å². The smallest absolute Gasteiger partial charge is 0.338 e. The maximum absolute atomic E-state index is 13.8. The van der Waals surface area contributed by atoms with E-state index in [0.717, 1.165) is 0 Å². The van der Waals surface area contributed by atoms with Crippen molar-refractivity contribution < 1.29 is 57.8 Å². The van der Waals surface area contributed by atoms with Crippen LogP contribution in [-0.2, 0) is 42.7 Å². The summed E-state index contributed by atoms with van der Waals surface area (Å²) >= 11 is 0. The summed E-state index contributed by atoms with van der Waals surface area (Å²) in [5.41, 5.74) is -4.92. The fraction of sp³-hybridized carbons (Fsp3) is 0.743. The zero-order chi connectivity index (χ0) is 34.6. The van der Waals surface area contributed by atoms with Gasteiger partial charge >= 0.3 is 17.9 Å². The van der Waals surface area contributed by atoms with E-state index < -0.39 is 100 Å². The average Bonchev–Trinajstić information content (AvgIpc) is 3.43. The lowest BCUT2D eigenvalue weighted by Crippen LogP contribution is -2.81. The minimum Gasteiger partial charge on any atom is -0.462 e. The number of piperidine rings is 1. The van der Waals surface area contributed by atoms with Gasteiger partial charge in [0.05, 0.1) is 24.4 Å². The van der Waals surface area contributed by atoms with Gasteiger partial charge in [0.2, 0.25) is 0 Å². The van der Waals surface area contributed by atoms with Gasteiger partial charge in [-0.3, -0.25) is 9.59 Å². The Bertz CT molecular complexity index is 1460. The number of rotatable bonds is 9. The Hall–Kier alpha value is -2.65. The van der Waals surface area contributed by atoms with Crippen LogP contribution in [0.25, 0.3) is 0 Å². The lowest BCUT2D eigenvalue weighted by atomic mass is 9.42. The average molecular weight is 674 g/mol. The highest BCUT2D eigenvalue weighted by molar-refractivity contribution is 5.89. The summed E-state index contributed by atoms with van der Waals surface area (Å²) in [6, 6.07) is 8.09. The topological polar surface area (TPSA) is 160 Å². The second-order valence-corrected chi connectivity index (χ2v) is 14.9. The number of benzene rings is 1. The minimum atomic E-state index is -1.86. The number of aliphatic hydroxyl groups excluding tert-OH is 1. The summed E-state index contributed by atoms with van der Waals surface area (Å²) in [6.45, 7) is 3.34. The summed E-state index contributed by atoms with van der Waals surface area (Å²) in [4.78, 5) is 41.9. The van der Waals surface area contributed by atoms with E-state index in [1.807, 2.05) is 7.05 Å². The number of carbonyl (C=O) groups excluding carboxylic acids is 3. The Morgan fingerprint density at radius 1 is 0.917 bits per heavy atom. The SMILES string of the molecule is COC[C@]12CN(C)C3C4[C@H](OC)[C@H]1C3(C(OC)C[C@H]2OC(C)=O)[C@H]1C[C@]2(O)[C@H](OC(=O)c3ccccc3)[C@@H]1[C@]4(OC(C)=O)[C@@H](O)[C@@H]2OC. The van der Waals surface area contributed by atoms with Crippen LogP contribution in [0, 0.1) is 34.5 Å². The predicted octanol–water partition coefficient (Wildman–Crippen LogP) is 0.829. The van der Waals surface area contributed by atoms with Crippen molar-refractivity contribution in [2.75, 3.05) is 48.6 Å². The molecule has 1 aromatic carbocycles. The predicted molar refractivity (Wildman–Crippen MR) is 165 cm³/mol. The molecule has 15 atom stereocenters. The molecule has 7 bridgehead atoms. The van der Waals surface area contributed by atoms with Crippen LogP contribution in [0.3, 0.4) is 0 Å². The quantitative estimate of drug-likeness (QED) is 0.281. The maximum atomic E-state index is 13.8. The Labute approximate surface area is 280 Å². The normalized spacial score (nSPS) is 48.1. The molecule has 1 aliphatic heterocycles. The number of ether oxygens (including phenoxy) is 7. The van der Waals surface area contributed by atoms with E-state index in [2.05, 4.69) is 4.90 Å². The fourth-order valence-corrected chi connectivity index (χ4v) is 12.5. The summed E-state index contributed by atoms with van der Waals surface area (Å²) in [7, 11) is 8.19. The first-order valence-corrected chi connectivity index (χ1v) is 16.7. The standard InChI is InChI=1S/C35H47NO12/c1-17(37)46-21-13-22(43-5)34-20-14-33(41)29(47-31(40)19-11-9-8-10-12-19)23(20)35(48-18(2)38,28(39)30(33)45-7)24-25(44-6)26(34)32(21,16-42-4)15-36(3)27(24)34/h8-12,20-30,39,41H,13-16H2,1-7H3/t20-,21+,22?,23+,24?,25-,26+,27?,28-,29+,30-,32-,33-,34?,35+/m0/s1. The van der Waals surface area contributed by atoms with Gasteiger partial charge in [0.25, 0.3) is 0 Å². The molecular weight excluding hydrogens is 626 g/mol. The first kappa shape index (κ1) is 33.8. The Kier molecular flexibility index (Phi) is 8.06. The van der Waals surface area contributed by atoms with E-state index in [4.69, 9.17) is 33.2 Å². The van der Waals surface area contributed by atoms with Crippen LogP contribution >= 0.6 is 0 Å². The maximum Gasteiger partial charge on any atom is 0.338 e. The van der Waals surface area contributed by atoms with Crippen LogP contribution in [0.15, 0.2) is 30.3 Å². The number of esters is 3. The van der Waals surface area contributed by atoms with E-state index >= 15 is 0 Å². The van der Waals surface area contributed by atoms with Gasteiger partial charge in [-0.25, -0.2) is 4.79 Å². The van der Waals surface area contributed by atoms with Gasteiger partial charge in [0, 0.05) is 89.9 Å². The van der Waals surface area contributed by atoms with Crippen molar-refractivity contribution in [2.45, 2.75) is 80.6 Å². The third-order valence-electron chi connectivity index (χ3n) is 13.2. The second-order valence-electron chi connectivity index (χ2n) is 14.9. The van der Waals surface area contributed by atoms with E-state index in [-0.39, 0.29) is 24.6 Å². The molecule has 13 nitrogen and oxygen atoms in total. The summed E-state index contributed by atoms with van der Waals surface area (Å²) in [5.74, 6) is -4.27. The molecule has 0 aromatic heterocycles. The van der Waals surface area contributed by atoms with Crippen molar-refractivity contribution in [1.29, 1.82) is 0 Å². The number of hydrogen-bond acceptors (Lipinski definition) is 13. The fourth-order valence-electron chi connectivity index (χ4n) is 12.5. The van der Waals surface area contributed by atoms with Crippen molar-refractivity contribution in [3.05, 3.63) is 35.9 Å². The van der Waals surface area contributed by atoms with Crippen LogP contribution in [0.2, 0.25) is 0 Å². The zero-order valence-electron chi connectivity index (χ0n) is 28.5. The molecule has 5 aliphatic carbocycles. The van der Waals surface area contributed by atoms with Gasteiger partial charge in [0.1, 0.15) is 30.0 Å². The van der Waals surface area contributed by atoms with Crippen LogP contribution in [0.4, 0.5) is 0 Å². The van der Waals surface area contributed by atoms with Crippen molar-refractivity contribution in [3.8, 4) is 0 Å². The summed E-state index contributed by atoms with van der Waals surface area (Å²) in [6.07, 6.45) is -5.46. The van der Waals surface area contributed by atoms with Crippen LogP contribution in [-0.4, -0.2) is 136 Å². The van der Waals surface area contributed by atoms with Gasteiger partial charge in [-0.15, -0.1) is 0 Å². The lowest BCUT2D eigenvalue weighted by molar-refractivity contribution is -0.321. The Morgan fingerprint density at radius 2 is 1.62 bits per heavy atom. The number of likely N-dealkylation sites (tertiary alicyclic amines) is 1. The molecule has 1 aromatic rings. The van der Waals surface area contributed by atoms with Crippen LogP contribution in [0.1, 0.15) is 37.0 Å². The molecule has 264 valence electrons. The number of fused-ring (bicyclic) bond motifs is 2. The molecule has 1 saturated heterocycles. The number of methoxy groups -OCH3 is 4. The van der Waals surface area contributed by atoms with Crippen molar-refractivity contribution >= 4 is 17.9 Å². The van der Waals surface area contributed by atoms with Crippen molar-refractivity contribution in [2.24, 2.45) is 34.5 Å². The number of nitrogens with zero attached hydrogens (tertiary/aromatic N) is 1. The molecule has 2 N–H and O–H groups in total. The van der Waals surface area contributed by atoms with E-state index in [0.29, 0.717) is 13.0 Å². The third kappa shape index (κ3) is 3.95. The highest BCUT2D eigenvalue weighted by Gasteiger charge is 2.92. The number of aliphatic hydroxyl groups is 2. The van der Waals surface area contributed by atoms with Gasteiger partial charge in [0.15, 0.2) is 5.60 Å². The molecule has 5 saturated carbocycles. The largest absolute Gasteiger partial charge is 0.462 e. The molecule has 1 heterocycles. The molecular formula is C35H47NO12. The number of hydrogen-bond donors (Lipinski definition) is 2. The molecule has 1 spiro atoms. The van der Waals surface area contributed by atoms with E-state index in [1.165, 1.54) is 21.0 Å². The third-order valence-corrected chi connectivity index (χ3v) is 13.2. The zero-order valence-corrected chi connectivity index (χ0v) is 28.5. The minimum absolute atomic E-state index is 0.0497. The molecule has 13 heteroatoms. The molecule has 6 aliphatic rings.